The van der Waals surface area contributed by atoms with Crippen LogP contribution in [0.15, 0.2) is 0 Å². The van der Waals surface area contributed by atoms with E-state index < -0.39 is 18.1 Å². The molecular weight excluding hydrogens is 392 g/mol. The van der Waals surface area contributed by atoms with Gasteiger partial charge in [0.15, 0.2) is 5.78 Å². The van der Waals surface area contributed by atoms with Crippen molar-refractivity contribution in [1.29, 1.82) is 0 Å². The van der Waals surface area contributed by atoms with Gasteiger partial charge in [0.1, 0.15) is 6.04 Å². The zero-order chi connectivity index (χ0) is 19.4. The molecule has 0 aliphatic carbocycles. The number of carboxylic acids is 1. The molecule has 1 aliphatic rings. The lowest BCUT2D eigenvalue weighted by molar-refractivity contribution is -0.138. The van der Waals surface area contributed by atoms with Gasteiger partial charge in [0.2, 0.25) is 5.91 Å². The van der Waals surface area contributed by atoms with Crippen LogP contribution in [-0.2, 0) is 14.4 Å². The molecule has 1 rings (SSSR count). The fourth-order valence-corrected chi connectivity index (χ4v) is 6.00. The predicted octanol–water partition coefficient (Wildman–Crippen LogP) is 2.66. The number of nitrogens with two attached hydrogens (primary N) is 1. The number of thiol groups is 1. The van der Waals surface area contributed by atoms with Gasteiger partial charge in [-0.25, -0.2) is 0 Å². The minimum atomic E-state index is -1.03. The number of carbonyl (C=O) groups is 3. The van der Waals surface area contributed by atoms with Crippen LogP contribution in [0.1, 0.15) is 57.8 Å². The van der Waals surface area contributed by atoms with E-state index in [-0.39, 0.29) is 17.4 Å². The molecule has 150 valence electrons. The van der Waals surface area contributed by atoms with E-state index in [0.717, 1.165) is 24.5 Å². The molecule has 3 atom stereocenters. The molecule has 3 unspecified atom stereocenters. The summed E-state index contributed by atoms with van der Waals surface area (Å²) in [5.74, 6) is 0.316. The van der Waals surface area contributed by atoms with E-state index in [1.165, 1.54) is 12.2 Å². The summed E-state index contributed by atoms with van der Waals surface area (Å²) in [7, 11) is 3.88. The molecule has 0 saturated carbocycles. The highest BCUT2D eigenvalue weighted by Gasteiger charge is 2.20. The Morgan fingerprint density at radius 1 is 1.19 bits per heavy atom. The molecule has 1 amide bonds. The number of unbranched alkanes of at least 4 members (excludes halogenated alkanes) is 2. The molecule has 0 radical (unpaired) electrons. The van der Waals surface area contributed by atoms with Gasteiger partial charge in [0, 0.05) is 29.6 Å². The van der Waals surface area contributed by atoms with Gasteiger partial charge in [-0.05, 0) is 32.1 Å². The highest BCUT2D eigenvalue weighted by atomic mass is 33.1. The van der Waals surface area contributed by atoms with Crippen molar-refractivity contribution in [3.8, 4) is 0 Å². The fraction of sp³-hybridized carbons (Fsp3) is 0.824. The second-order valence-electron chi connectivity index (χ2n) is 6.53. The lowest BCUT2D eigenvalue weighted by atomic mass is 10.0. The number of amides is 1. The molecular formula is C17H30N2O4S3. The Morgan fingerprint density at radius 2 is 1.92 bits per heavy atom. The van der Waals surface area contributed by atoms with Crippen LogP contribution in [0, 0.1) is 0 Å². The number of hydrogen-bond acceptors (Lipinski definition) is 7. The average Bonchev–Trinajstić information content (AvgIpc) is 3.13. The third-order valence-electron chi connectivity index (χ3n) is 4.32. The standard InChI is InChI=1S/C17H30N2O4S3/c18-13(17(22)23)6-2-3-7-15(20)14(11-24)19-16(21)8-4-1-5-12-9-10-25-26-12/h12-14,24H,1-11,18H2,(H,19,21)(H,22,23). The number of rotatable bonds is 14. The maximum atomic E-state index is 12.2. The minimum absolute atomic E-state index is 0.0587. The Balaban J connectivity index is 2.15. The monoisotopic (exact) mass is 422 g/mol. The number of Topliss-reactive ketones (excluding diaryl/α,β-unsaturated/α-hetero) is 1. The van der Waals surface area contributed by atoms with Gasteiger partial charge in [-0.15, -0.1) is 0 Å². The molecule has 1 saturated heterocycles. The fourth-order valence-electron chi connectivity index (χ4n) is 2.68. The van der Waals surface area contributed by atoms with Gasteiger partial charge in [0.25, 0.3) is 0 Å². The molecule has 1 aliphatic heterocycles. The lowest BCUT2D eigenvalue weighted by Crippen LogP contribution is -2.42. The van der Waals surface area contributed by atoms with E-state index in [4.69, 9.17) is 10.8 Å². The summed E-state index contributed by atoms with van der Waals surface area (Å²) in [4.78, 5) is 34.8. The second-order valence-corrected chi connectivity index (χ2v) is 9.69. The summed E-state index contributed by atoms with van der Waals surface area (Å²) < 4.78 is 0. The van der Waals surface area contributed by atoms with Crippen molar-refractivity contribution < 1.29 is 19.5 Å². The van der Waals surface area contributed by atoms with Gasteiger partial charge in [-0.3, -0.25) is 14.4 Å². The van der Waals surface area contributed by atoms with Crippen LogP contribution in [0.3, 0.4) is 0 Å². The molecule has 6 nitrogen and oxygen atoms in total. The Kier molecular flexibility index (Phi) is 12.5. The number of ketones is 1. The number of carboxylic acid groups (broad SMARTS) is 1. The summed E-state index contributed by atoms with van der Waals surface area (Å²) in [5, 5.41) is 12.2. The molecule has 0 spiro atoms. The van der Waals surface area contributed by atoms with Gasteiger partial charge < -0.3 is 16.2 Å². The maximum Gasteiger partial charge on any atom is 0.320 e. The number of hydrogen-bond donors (Lipinski definition) is 4. The van der Waals surface area contributed by atoms with Crippen molar-refractivity contribution in [3.05, 3.63) is 0 Å². The zero-order valence-corrected chi connectivity index (χ0v) is 17.6. The molecule has 0 bridgehead atoms. The van der Waals surface area contributed by atoms with Gasteiger partial charge in [-0.2, -0.15) is 12.6 Å². The summed E-state index contributed by atoms with van der Waals surface area (Å²) in [5.41, 5.74) is 5.43. The maximum absolute atomic E-state index is 12.2. The highest BCUT2D eigenvalue weighted by molar-refractivity contribution is 8.77. The first-order valence-electron chi connectivity index (χ1n) is 9.13. The molecule has 26 heavy (non-hydrogen) atoms. The molecule has 0 aromatic carbocycles. The first kappa shape index (κ1) is 23.7. The number of aliphatic carboxylic acids is 1. The largest absolute Gasteiger partial charge is 0.480 e. The molecule has 1 heterocycles. The lowest BCUT2D eigenvalue weighted by Gasteiger charge is -2.16. The minimum Gasteiger partial charge on any atom is -0.480 e. The van der Waals surface area contributed by atoms with Crippen LogP contribution in [0.4, 0.5) is 0 Å². The Hall–Kier alpha value is -0.380. The van der Waals surface area contributed by atoms with E-state index in [0.29, 0.717) is 32.1 Å². The van der Waals surface area contributed by atoms with E-state index in [1.54, 1.807) is 0 Å². The first-order chi connectivity index (χ1) is 12.4. The van der Waals surface area contributed by atoms with E-state index in [2.05, 4.69) is 17.9 Å². The van der Waals surface area contributed by atoms with Crippen molar-refractivity contribution in [1.82, 2.24) is 5.32 Å². The van der Waals surface area contributed by atoms with Crippen LogP contribution in [0.2, 0.25) is 0 Å². The van der Waals surface area contributed by atoms with Crippen LogP contribution in [0.5, 0.6) is 0 Å². The third-order valence-corrected chi connectivity index (χ3v) is 7.69. The first-order valence-corrected chi connectivity index (χ1v) is 12.1. The van der Waals surface area contributed by atoms with Crippen molar-refractivity contribution in [2.75, 3.05) is 11.5 Å². The van der Waals surface area contributed by atoms with Crippen molar-refractivity contribution in [3.63, 3.8) is 0 Å². The molecule has 4 N–H and O–H groups in total. The summed E-state index contributed by atoms with van der Waals surface area (Å²) >= 11 is 4.16. The predicted molar refractivity (Wildman–Crippen MR) is 112 cm³/mol. The highest BCUT2D eigenvalue weighted by Crippen LogP contribution is 2.39. The van der Waals surface area contributed by atoms with Gasteiger partial charge >= 0.3 is 5.97 Å². The van der Waals surface area contributed by atoms with Crippen LogP contribution in [-0.4, -0.2) is 51.6 Å². The Bertz CT molecular complexity index is 459. The zero-order valence-electron chi connectivity index (χ0n) is 15.0. The van der Waals surface area contributed by atoms with Crippen LogP contribution in [0.25, 0.3) is 0 Å². The van der Waals surface area contributed by atoms with E-state index in [1.807, 2.05) is 21.6 Å². The average molecular weight is 423 g/mol. The smallest absolute Gasteiger partial charge is 0.320 e. The molecule has 0 aromatic rings. The molecule has 9 heteroatoms. The topological polar surface area (TPSA) is 109 Å². The van der Waals surface area contributed by atoms with Crippen LogP contribution < -0.4 is 11.1 Å². The summed E-state index contributed by atoms with van der Waals surface area (Å²) in [6, 6.07) is -1.45. The quantitative estimate of drug-likeness (QED) is 0.193. The molecule has 1 fully saturated rings. The van der Waals surface area contributed by atoms with E-state index >= 15 is 0 Å². The van der Waals surface area contributed by atoms with Crippen molar-refractivity contribution in [2.24, 2.45) is 5.73 Å². The van der Waals surface area contributed by atoms with Gasteiger partial charge in [-0.1, -0.05) is 34.4 Å². The molecule has 0 aromatic heterocycles. The normalized spacial score (nSPS) is 19.1. The Labute approximate surface area is 169 Å². The summed E-state index contributed by atoms with van der Waals surface area (Å²) in [6.45, 7) is 0. The second kappa shape index (κ2) is 13.7. The van der Waals surface area contributed by atoms with Crippen LogP contribution >= 0.6 is 34.2 Å². The van der Waals surface area contributed by atoms with E-state index in [9.17, 15) is 14.4 Å². The SMILES string of the molecule is NC(CCCCC(=O)C(CS)NC(=O)CCCCC1CCSS1)C(=O)O. The van der Waals surface area contributed by atoms with Gasteiger partial charge in [0.05, 0.1) is 6.04 Å². The van der Waals surface area contributed by atoms with Crippen molar-refractivity contribution >= 4 is 51.9 Å². The summed E-state index contributed by atoms with van der Waals surface area (Å²) in [6.07, 6.45) is 6.51. The Morgan fingerprint density at radius 3 is 2.54 bits per heavy atom. The number of carbonyl (C=O) groups excluding carboxylic acids is 2. The third kappa shape index (κ3) is 10.1. The van der Waals surface area contributed by atoms with Crippen molar-refractivity contribution in [2.45, 2.75) is 75.1 Å². The number of nitrogens with one attached hydrogen (secondary N) is 1.